The number of methoxy groups -OCH3 is 1. The van der Waals surface area contributed by atoms with Crippen molar-refractivity contribution in [2.24, 2.45) is 0 Å². The molecular formula is C19H32O3. The summed E-state index contributed by atoms with van der Waals surface area (Å²) in [6.07, 6.45) is 20.8. The molecule has 0 aromatic heterocycles. The van der Waals surface area contributed by atoms with Crippen LogP contribution in [0.15, 0.2) is 24.3 Å². The average molecular weight is 308 g/mol. The van der Waals surface area contributed by atoms with E-state index >= 15 is 0 Å². The first-order chi connectivity index (χ1) is 10.8. The van der Waals surface area contributed by atoms with E-state index < -0.39 is 0 Å². The Labute approximate surface area is 135 Å². The van der Waals surface area contributed by atoms with Crippen LogP contribution < -0.4 is 0 Å². The second-order valence-corrected chi connectivity index (χ2v) is 5.92. The van der Waals surface area contributed by atoms with Gasteiger partial charge in [-0.1, -0.05) is 50.5 Å². The fraction of sp³-hybridized carbons (Fsp3) is 0.737. The summed E-state index contributed by atoms with van der Waals surface area (Å²) < 4.78 is 10.1. The highest BCUT2D eigenvalue weighted by atomic mass is 16.6. The van der Waals surface area contributed by atoms with Crippen molar-refractivity contribution in [1.82, 2.24) is 0 Å². The van der Waals surface area contributed by atoms with E-state index in [-0.39, 0.29) is 5.97 Å². The molecule has 1 heterocycles. The quantitative estimate of drug-likeness (QED) is 0.209. The van der Waals surface area contributed by atoms with Crippen molar-refractivity contribution in [3.05, 3.63) is 24.3 Å². The Morgan fingerprint density at radius 1 is 1.00 bits per heavy atom. The molecule has 1 aliphatic heterocycles. The molecule has 2 unspecified atom stereocenters. The van der Waals surface area contributed by atoms with Crippen LogP contribution in [-0.2, 0) is 14.3 Å². The van der Waals surface area contributed by atoms with Crippen molar-refractivity contribution in [3.8, 4) is 0 Å². The van der Waals surface area contributed by atoms with E-state index in [2.05, 4.69) is 36.0 Å². The van der Waals surface area contributed by atoms with Gasteiger partial charge in [-0.25, -0.2) is 0 Å². The largest absolute Gasteiger partial charge is 0.469 e. The van der Waals surface area contributed by atoms with Crippen molar-refractivity contribution >= 4 is 5.97 Å². The molecule has 1 rings (SSSR count). The highest BCUT2D eigenvalue weighted by molar-refractivity contribution is 5.68. The number of esters is 1. The van der Waals surface area contributed by atoms with Crippen LogP contribution in [0.4, 0.5) is 0 Å². The number of ether oxygens (including phenoxy) is 2. The lowest BCUT2D eigenvalue weighted by molar-refractivity contribution is -0.140. The van der Waals surface area contributed by atoms with E-state index in [1.54, 1.807) is 0 Å². The number of rotatable bonds is 13. The standard InChI is InChI=1S/C19H32O3/c1-3-17-18(22-17)15-13-11-9-7-5-4-6-8-10-12-14-16-19(20)21-2/h5,7,11,13,17-18H,3-4,6,8-10,12,14-16H2,1-2H3/b7-5+,13-11+. The number of hydrogen-bond donors (Lipinski definition) is 0. The van der Waals surface area contributed by atoms with Gasteiger partial charge in [0.2, 0.25) is 0 Å². The highest BCUT2D eigenvalue weighted by Crippen LogP contribution is 2.28. The number of allylic oxidation sites excluding steroid dienone is 3. The molecule has 0 aliphatic carbocycles. The van der Waals surface area contributed by atoms with Crippen LogP contribution in [0, 0.1) is 0 Å². The molecule has 0 N–H and O–H groups in total. The van der Waals surface area contributed by atoms with Crippen LogP contribution >= 0.6 is 0 Å². The molecular weight excluding hydrogens is 276 g/mol. The van der Waals surface area contributed by atoms with E-state index in [1.165, 1.54) is 26.4 Å². The van der Waals surface area contributed by atoms with Crippen molar-refractivity contribution in [2.45, 2.75) is 83.3 Å². The normalized spacial score (nSPS) is 20.8. The van der Waals surface area contributed by atoms with Gasteiger partial charge >= 0.3 is 5.97 Å². The predicted octanol–water partition coefficient (Wildman–Crippen LogP) is 4.96. The lowest BCUT2D eigenvalue weighted by Gasteiger charge is -1.99. The molecule has 2 atom stereocenters. The van der Waals surface area contributed by atoms with E-state index in [1.807, 2.05) is 0 Å². The summed E-state index contributed by atoms with van der Waals surface area (Å²) in [7, 11) is 1.45. The Morgan fingerprint density at radius 2 is 1.73 bits per heavy atom. The van der Waals surface area contributed by atoms with Crippen LogP contribution in [0.25, 0.3) is 0 Å². The van der Waals surface area contributed by atoms with Gasteiger partial charge in [0.25, 0.3) is 0 Å². The third-order valence-electron chi connectivity index (χ3n) is 4.04. The molecule has 0 radical (unpaired) electrons. The minimum Gasteiger partial charge on any atom is -0.469 e. The Hall–Kier alpha value is -1.09. The molecule has 3 heteroatoms. The van der Waals surface area contributed by atoms with Gasteiger partial charge in [-0.2, -0.15) is 0 Å². The van der Waals surface area contributed by atoms with Gasteiger partial charge in [-0.3, -0.25) is 4.79 Å². The molecule has 22 heavy (non-hydrogen) atoms. The summed E-state index contributed by atoms with van der Waals surface area (Å²) in [5.41, 5.74) is 0. The van der Waals surface area contributed by atoms with Crippen molar-refractivity contribution in [2.75, 3.05) is 7.11 Å². The van der Waals surface area contributed by atoms with Gasteiger partial charge in [0.05, 0.1) is 19.3 Å². The van der Waals surface area contributed by atoms with Crippen molar-refractivity contribution < 1.29 is 14.3 Å². The van der Waals surface area contributed by atoms with Crippen LogP contribution in [0.1, 0.15) is 71.1 Å². The Kier molecular flexibility index (Phi) is 10.7. The monoisotopic (exact) mass is 308 g/mol. The molecule has 0 aromatic carbocycles. The molecule has 0 saturated carbocycles. The zero-order valence-electron chi connectivity index (χ0n) is 14.3. The maximum atomic E-state index is 10.9. The fourth-order valence-electron chi connectivity index (χ4n) is 2.53. The van der Waals surface area contributed by atoms with Gasteiger partial charge in [-0.15, -0.1) is 0 Å². The maximum Gasteiger partial charge on any atom is 0.305 e. The second-order valence-electron chi connectivity index (χ2n) is 5.92. The van der Waals surface area contributed by atoms with E-state index in [4.69, 9.17) is 4.74 Å². The number of unbranched alkanes of at least 4 members (excludes halogenated alkanes) is 5. The summed E-state index contributed by atoms with van der Waals surface area (Å²) in [5.74, 6) is -0.0885. The number of epoxide rings is 1. The third kappa shape index (κ3) is 9.78. The number of carbonyl (C=O) groups is 1. The summed E-state index contributed by atoms with van der Waals surface area (Å²) in [5, 5.41) is 0. The maximum absolute atomic E-state index is 10.9. The first-order valence-corrected chi connectivity index (χ1v) is 8.80. The molecule has 0 aromatic rings. The Balaban J connectivity index is 1.80. The van der Waals surface area contributed by atoms with E-state index in [0.29, 0.717) is 18.6 Å². The molecule has 1 fully saturated rings. The minimum atomic E-state index is -0.0885. The predicted molar refractivity (Wildman–Crippen MR) is 90.8 cm³/mol. The summed E-state index contributed by atoms with van der Waals surface area (Å²) in [6, 6.07) is 0. The fourth-order valence-corrected chi connectivity index (χ4v) is 2.53. The van der Waals surface area contributed by atoms with Gasteiger partial charge in [0, 0.05) is 6.42 Å². The number of carbonyl (C=O) groups excluding carboxylic acids is 1. The average Bonchev–Trinajstić information content (AvgIpc) is 3.30. The van der Waals surface area contributed by atoms with Crippen LogP contribution in [0.3, 0.4) is 0 Å². The smallest absolute Gasteiger partial charge is 0.305 e. The van der Waals surface area contributed by atoms with Crippen LogP contribution in [0.2, 0.25) is 0 Å². The zero-order chi connectivity index (χ0) is 16.0. The lowest BCUT2D eigenvalue weighted by atomic mass is 10.1. The van der Waals surface area contributed by atoms with E-state index in [9.17, 15) is 4.79 Å². The van der Waals surface area contributed by atoms with E-state index in [0.717, 1.165) is 38.5 Å². The molecule has 1 saturated heterocycles. The SMILES string of the molecule is CCC1OC1C/C=C/C/C=C/CCCCCCCC(=O)OC. The van der Waals surface area contributed by atoms with Crippen molar-refractivity contribution in [3.63, 3.8) is 0 Å². The summed E-state index contributed by atoms with van der Waals surface area (Å²) in [6.45, 7) is 2.18. The van der Waals surface area contributed by atoms with Gasteiger partial charge in [0.1, 0.15) is 0 Å². The zero-order valence-corrected chi connectivity index (χ0v) is 14.3. The molecule has 1 aliphatic rings. The minimum absolute atomic E-state index is 0.0885. The first kappa shape index (κ1) is 19.0. The second kappa shape index (κ2) is 12.5. The van der Waals surface area contributed by atoms with Crippen LogP contribution in [0.5, 0.6) is 0 Å². The molecule has 0 bridgehead atoms. The lowest BCUT2D eigenvalue weighted by Crippen LogP contribution is -1.98. The van der Waals surface area contributed by atoms with Crippen LogP contribution in [-0.4, -0.2) is 25.3 Å². The molecule has 0 amide bonds. The molecule has 0 spiro atoms. The van der Waals surface area contributed by atoms with Gasteiger partial charge < -0.3 is 9.47 Å². The summed E-state index contributed by atoms with van der Waals surface area (Å²) in [4.78, 5) is 10.9. The number of hydrogen-bond acceptors (Lipinski definition) is 3. The van der Waals surface area contributed by atoms with Crippen molar-refractivity contribution in [1.29, 1.82) is 0 Å². The highest BCUT2D eigenvalue weighted by Gasteiger charge is 2.35. The van der Waals surface area contributed by atoms with Gasteiger partial charge in [0.15, 0.2) is 0 Å². The van der Waals surface area contributed by atoms with Gasteiger partial charge in [-0.05, 0) is 38.5 Å². The first-order valence-electron chi connectivity index (χ1n) is 8.80. The Morgan fingerprint density at radius 3 is 2.45 bits per heavy atom. The molecule has 126 valence electrons. The summed E-state index contributed by atoms with van der Waals surface area (Å²) >= 11 is 0. The topological polar surface area (TPSA) is 38.8 Å². The third-order valence-corrected chi connectivity index (χ3v) is 4.04. The molecule has 3 nitrogen and oxygen atoms in total. The Bertz CT molecular complexity index is 347.